The van der Waals surface area contributed by atoms with E-state index in [0.29, 0.717) is 28.4 Å². The zero-order chi connectivity index (χ0) is 26.6. The van der Waals surface area contributed by atoms with Crippen LogP contribution in [0.4, 0.5) is 11.4 Å². The molecule has 2 N–H and O–H groups in total. The van der Waals surface area contributed by atoms with Crippen LogP contribution < -0.4 is 20.1 Å². The van der Waals surface area contributed by atoms with Gasteiger partial charge < -0.3 is 20.1 Å². The van der Waals surface area contributed by atoms with Crippen LogP contribution in [0.1, 0.15) is 21.2 Å². The number of benzene rings is 5. The maximum Gasteiger partial charge on any atom is 0.255 e. The molecule has 0 aromatic heterocycles. The second kappa shape index (κ2) is 10.9. The first-order chi connectivity index (χ1) is 19.1. The van der Waals surface area contributed by atoms with Crippen molar-refractivity contribution in [3.05, 3.63) is 126 Å². The number of rotatable bonds is 7. The van der Waals surface area contributed by atoms with Crippen molar-refractivity contribution in [2.45, 2.75) is 10.1 Å². The lowest BCUT2D eigenvalue weighted by molar-refractivity contribution is -0.115. The molecule has 0 aliphatic carbocycles. The quantitative estimate of drug-likeness (QED) is 0.215. The van der Waals surface area contributed by atoms with Gasteiger partial charge in [0.25, 0.3) is 5.91 Å². The molecule has 1 atom stereocenters. The summed E-state index contributed by atoms with van der Waals surface area (Å²) in [4.78, 5) is 27.4. The number of anilines is 2. The van der Waals surface area contributed by atoms with Crippen molar-refractivity contribution in [3.63, 3.8) is 0 Å². The van der Waals surface area contributed by atoms with Crippen LogP contribution in [0.15, 0.2) is 120 Å². The van der Waals surface area contributed by atoms with E-state index in [9.17, 15) is 9.59 Å². The molecule has 5 aromatic carbocycles. The minimum atomic E-state index is -0.525. The van der Waals surface area contributed by atoms with Gasteiger partial charge in [-0.3, -0.25) is 9.59 Å². The summed E-state index contributed by atoms with van der Waals surface area (Å²) in [6.07, 6.45) is 0. The Morgan fingerprint density at radius 1 is 0.667 bits per heavy atom. The van der Waals surface area contributed by atoms with E-state index in [2.05, 4.69) is 10.6 Å². The number of thioether (sulfide) groups is 1. The number of hydrogen-bond donors (Lipinski definition) is 2. The van der Waals surface area contributed by atoms with E-state index in [1.807, 2.05) is 97.1 Å². The molecule has 5 aromatic rings. The molecule has 39 heavy (non-hydrogen) atoms. The second-order valence-corrected chi connectivity index (χ2v) is 10.2. The highest BCUT2D eigenvalue weighted by molar-refractivity contribution is 8.00. The fourth-order valence-corrected chi connectivity index (χ4v) is 5.48. The van der Waals surface area contributed by atoms with E-state index in [4.69, 9.17) is 9.47 Å². The molecule has 1 aliphatic rings. The third kappa shape index (κ3) is 5.58. The summed E-state index contributed by atoms with van der Waals surface area (Å²) in [6.45, 7) is 0.170. The third-order valence-electron chi connectivity index (χ3n) is 6.34. The Kier molecular flexibility index (Phi) is 6.89. The predicted molar refractivity (Wildman–Crippen MR) is 155 cm³/mol. The molecule has 1 heterocycles. The van der Waals surface area contributed by atoms with Crippen LogP contribution in [0, 0.1) is 0 Å². The number of amides is 2. The Morgan fingerprint density at radius 3 is 2.31 bits per heavy atom. The molecule has 192 valence electrons. The molecule has 6 rings (SSSR count). The van der Waals surface area contributed by atoms with Crippen LogP contribution in [0.25, 0.3) is 10.8 Å². The molecule has 0 saturated heterocycles. The highest BCUT2D eigenvalue weighted by atomic mass is 32.2. The van der Waals surface area contributed by atoms with Gasteiger partial charge in [-0.05, 0) is 58.8 Å². The maximum atomic E-state index is 13.5. The number of carbonyl (C=O) groups excluding carboxylic acids is 2. The Hall–Kier alpha value is -4.75. The van der Waals surface area contributed by atoms with E-state index in [0.717, 1.165) is 21.2 Å². The summed E-state index contributed by atoms with van der Waals surface area (Å²) in [5.74, 6) is 0.898. The van der Waals surface area contributed by atoms with Crippen molar-refractivity contribution >= 4 is 45.7 Å². The van der Waals surface area contributed by atoms with E-state index in [-0.39, 0.29) is 18.6 Å². The fraction of sp³-hybridized carbons (Fsp3) is 0.0625. The molecule has 0 saturated carbocycles. The molecule has 6 nitrogen and oxygen atoms in total. The van der Waals surface area contributed by atoms with Gasteiger partial charge in [-0.2, -0.15) is 0 Å². The first kappa shape index (κ1) is 24.6. The number of hydrogen-bond acceptors (Lipinski definition) is 5. The number of nitrogens with one attached hydrogen (secondary N) is 2. The van der Waals surface area contributed by atoms with Crippen molar-refractivity contribution in [1.82, 2.24) is 0 Å². The molecular formula is C32H24N2O4S. The Bertz CT molecular complexity index is 1670. The van der Waals surface area contributed by atoms with Crippen LogP contribution in [-0.4, -0.2) is 18.6 Å². The molecule has 0 spiro atoms. The molecule has 0 fully saturated rings. The predicted octanol–water partition coefficient (Wildman–Crippen LogP) is 7.29. The summed E-state index contributed by atoms with van der Waals surface area (Å²) < 4.78 is 10.8. The summed E-state index contributed by atoms with van der Waals surface area (Å²) in [5, 5.41) is 7.56. The lowest BCUT2D eigenvalue weighted by Crippen LogP contribution is -2.19. The van der Waals surface area contributed by atoms with E-state index < -0.39 is 5.25 Å². The minimum absolute atomic E-state index is 0.170. The SMILES string of the molecule is O=C(Nc1cccc(SC(C(=O)Nc2ccc3c(c2)OCO3)c2ccccc2)c1)c1ccc2ccccc2c1. The number of fused-ring (bicyclic) bond motifs is 2. The molecule has 0 radical (unpaired) electrons. The van der Waals surface area contributed by atoms with Crippen molar-refractivity contribution in [2.24, 2.45) is 0 Å². The molecular weight excluding hydrogens is 508 g/mol. The normalized spacial score (nSPS) is 12.6. The van der Waals surface area contributed by atoms with Gasteiger partial charge in [-0.1, -0.05) is 66.7 Å². The highest BCUT2D eigenvalue weighted by Crippen LogP contribution is 2.39. The standard InChI is InChI=1S/C32H24N2O4S/c35-31(24-14-13-21-7-4-5-10-23(21)17-24)33-25-11-6-12-27(18-25)39-30(22-8-2-1-3-9-22)32(36)34-26-15-16-28-29(19-26)38-20-37-28/h1-19,30H,20H2,(H,33,35)(H,34,36). The van der Waals surface area contributed by atoms with Crippen LogP contribution >= 0.6 is 11.8 Å². The zero-order valence-corrected chi connectivity index (χ0v) is 21.6. The van der Waals surface area contributed by atoms with Gasteiger partial charge in [0.1, 0.15) is 5.25 Å². The Labute approximate surface area is 230 Å². The van der Waals surface area contributed by atoms with Crippen LogP contribution in [-0.2, 0) is 4.79 Å². The van der Waals surface area contributed by atoms with Gasteiger partial charge in [-0.15, -0.1) is 11.8 Å². The van der Waals surface area contributed by atoms with E-state index in [1.165, 1.54) is 11.8 Å². The summed E-state index contributed by atoms with van der Waals surface area (Å²) in [5.41, 5.74) is 2.73. The van der Waals surface area contributed by atoms with Crippen molar-refractivity contribution in [1.29, 1.82) is 0 Å². The first-order valence-corrected chi connectivity index (χ1v) is 13.3. The second-order valence-electron chi connectivity index (χ2n) is 9.01. The summed E-state index contributed by atoms with van der Waals surface area (Å²) >= 11 is 1.41. The average molecular weight is 533 g/mol. The molecule has 0 bridgehead atoms. The molecule has 7 heteroatoms. The third-order valence-corrected chi connectivity index (χ3v) is 7.59. The smallest absolute Gasteiger partial charge is 0.255 e. The number of carbonyl (C=O) groups is 2. The summed E-state index contributed by atoms with van der Waals surface area (Å²) in [6, 6.07) is 36.1. The highest BCUT2D eigenvalue weighted by Gasteiger charge is 2.23. The lowest BCUT2D eigenvalue weighted by atomic mass is 10.1. The molecule has 1 aliphatic heterocycles. The largest absolute Gasteiger partial charge is 0.454 e. The maximum absolute atomic E-state index is 13.5. The van der Waals surface area contributed by atoms with Crippen molar-refractivity contribution in [2.75, 3.05) is 17.4 Å². The van der Waals surface area contributed by atoms with E-state index >= 15 is 0 Å². The van der Waals surface area contributed by atoms with Gasteiger partial charge in [-0.25, -0.2) is 0 Å². The monoisotopic (exact) mass is 532 g/mol. The number of ether oxygens (including phenoxy) is 2. The molecule has 1 unspecified atom stereocenters. The topological polar surface area (TPSA) is 76.7 Å². The lowest BCUT2D eigenvalue weighted by Gasteiger charge is -2.18. The van der Waals surface area contributed by atoms with E-state index in [1.54, 1.807) is 18.2 Å². The van der Waals surface area contributed by atoms with Crippen molar-refractivity contribution < 1.29 is 19.1 Å². The summed E-state index contributed by atoms with van der Waals surface area (Å²) in [7, 11) is 0. The van der Waals surface area contributed by atoms with Gasteiger partial charge in [0.15, 0.2) is 11.5 Å². The van der Waals surface area contributed by atoms with Gasteiger partial charge in [0.05, 0.1) is 0 Å². The van der Waals surface area contributed by atoms with Gasteiger partial charge in [0.2, 0.25) is 12.7 Å². The first-order valence-electron chi connectivity index (χ1n) is 12.4. The Morgan fingerprint density at radius 2 is 1.44 bits per heavy atom. The fourth-order valence-electron chi connectivity index (χ4n) is 4.40. The van der Waals surface area contributed by atoms with Crippen LogP contribution in [0.2, 0.25) is 0 Å². The van der Waals surface area contributed by atoms with Crippen LogP contribution in [0.3, 0.4) is 0 Å². The molecule has 2 amide bonds. The van der Waals surface area contributed by atoms with Gasteiger partial charge in [0, 0.05) is 27.9 Å². The van der Waals surface area contributed by atoms with Crippen LogP contribution in [0.5, 0.6) is 11.5 Å². The minimum Gasteiger partial charge on any atom is -0.454 e. The average Bonchev–Trinajstić information content (AvgIpc) is 3.44. The Balaban J connectivity index is 1.21. The van der Waals surface area contributed by atoms with Gasteiger partial charge >= 0.3 is 0 Å². The zero-order valence-electron chi connectivity index (χ0n) is 20.8. The van der Waals surface area contributed by atoms with Crippen molar-refractivity contribution in [3.8, 4) is 11.5 Å².